The molecule has 2 atom stereocenters. The second kappa shape index (κ2) is 12.1. The number of likely N-dealkylation sites (tertiary alicyclic amines) is 1. The number of hydrogen-bond donors (Lipinski definition) is 1. The summed E-state index contributed by atoms with van der Waals surface area (Å²) in [6.45, 7) is 7.54. The highest BCUT2D eigenvalue weighted by molar-refractivity contribution is 5.79. The van der Waals surface area contributed by atoms with E-state index in [9.17, 15) is 18.0 Å². The molecule has 0 bridgehead atoms. The number of para-hydroxylation sites is 1. The highest BCUT2D eigenvalue weighted by Crippen LogP contribution is 2.32. The standard InChI is InChI=1S/C26H33F3N2O3/c1-19(2)15-31-16-20(18-34-24-10-6-7-22(14-24)26(27,28)29)13-21(17-31)25(32)30-11-12-33-23-8-4-3-5-9-23/h3-10,14,19-21H,11-13,15-18H2,1-2H3,(H,30,32)/t20-,21+/m0/s1. The fourth-order valence-corrected chi connectivity index (χ4v) is 4.26. The van der Waals surface area contributed by atoms with Gasteiger partial charge in [-0.3, -0.25) is 4.79 Å². The second-order valence-electron chi connectivity index (χ2n) is 9.20. The molecule has 0 saturated carbocycles. The smallest absolute Gasteiger partial charge is 0.416 e. The van der Waals surface area contributed by atoms with Gasteiger partial charge in [0.2, 0.25) is 5.91 Å². The molecule has 34 heavy (non-hydrogen) atoms. The van der Waals surface area contributed by atoms with E-state index in [1.165, 1.54) is 12.1 Å². The molecule has 1 N–H and O–H groups in total. The number of hydrogen-bond acceptors (Lipinski definition) is 4. The third-order valence-corrected chi connectivity index (χ3v) is 5.67. The van der Waals surface area contributed by atoms with Crippen molar-refractivity contribution in [2.24, 2.45) is 17.8 Å². The maximum atomic E-state index is 13.0. The minimum atomic E-state index is -4.41. The zero-order chi connectivity index (χ0) is 24.6. The molecule has 1 aliphatic heterocycles. The van der Waals surface area contributed by atoms with Crippen LogP contribution in [0, 0.1) is 17.8 Å². The summed E-state index contributed by atoms with van der Waals surface area (Å²) in [5, 5.41) is 2.96. The van der Waals surface area contributed by atoms with Gasteiger partial charge in [-0.15, -0.1) is 0 Å². The van der Waals surface area contributed by atoms with Gasteiger partial charge in [0, 0.05) is 25.6 Å². The molecule has 2 aromatic rings. The van der Waals surface area contributed by atoms with E-state index in [-0.39, 0.29) is 30.1 Å². The number of carbonyl (C=O) groups excluding carboxylic acids is 1. The Morgan fingerprint density at radius 1 is 1.06 bits per heavy atom. The van der Waals surface area contributed by atoms with Crippen molar-refractivity contribution in [3.8, 4) is 11.5 Å². The summed E-state index contributed by atoms with van der Waals surface area (Å²) in [6, 6.07) is 14.3. The molecule has 1 amide bonds. The van der Waals surface area contributed by atoms with Gasteiger partial charge in [-0.1, -0.05) is 38.1 Å². The van der Waals surface area contributed by atoms with Crippen LogP contribution >= 0.6 is 0 Å². The van der Waals surface area contributed by atoms with E-state index in [0.29, 0.717) is 32.0 Å². The lowest BCUT2D eigenvalue weighted by molar-refractivity contribution is -0.137. The van der Waals surface area contributed by atoms with E-state index in [1.807, 2.05) is 30.3 Å². The maximum Gasteiger partial charge on any atom is 0.416 e. The molecule has 0 radical (unpaired) electrons. The Labute approximate surface area is 199 Å². The fourth-order valence-electron chi connectivity index (χ4n) is 4.26. The first kappa shape index (κ1) is 25.9. The summed E-state index contributed by atoms with van der Waals surface area (Å²) < 4.78 is 50.3. The predicted molar refractivity (Wildman–Crippen MR) is 125 cm³/mol. The fraction of sp³-hybridized carbons (Fsp3) is 0.500. The number of halogens is 3. The molecule has 0 unspecified atom stereocenters. The molecular weight excluding hydrogens is 445 g/mol. The zero-order valence-electron chi connectivity index (χ0n) is 19.7. The highest BCUT2D eigenvalue weighted by Gasteiger charge is 2.33. The second-order valence-corrected chi connectivity index (χ2v) is 9.20. The van der Waals surface area contributed by atoms with Gasteiger partial charge in [0.05, 0.1) is 24.6 Å². The Balaban J connectivity index is 1.53. The molecule has 1 saturated heterocycles. The van der Waals surface area contributed by atoms with E-state index >= 15 is 0 Å². The van der Waals surface area contributed by atoms with Crippen molar-refractivity contribution in [2.45, 2.75) is 26.4 Å². The average Bonchev–Trinajstić information content (AvgIpc) is 2.80. The third-order valence-electron chi connectivity index (χ3n) is 5.67. The summed E-state index contributed by atoms with van der Waals surface area (Å²) in [4.78, 5) is 15.1. The highest BCUT2D eigenvalue weighted by atomic mass is 19.4. The summed E-state index contributed by atoms with van der Waals surface area (Å²) in [6.07, 6.45) is -3.79. The van der Waals surface area contributed by atoms with Crippen LogP contribution in [0.5, 0.6) is 11.5 Å². The average molecular weight is 479 g/mol. The van der Waals surface area contributed by atoms with Crippen molar-refractivity contribution in [3.05, 3.63) is 60.2 Å². The van der Waals surface area contributed by atoms with Crippen molar-refractivity contribution in [3.63, 3.8) is 0 Å². The molecule has 0 aromatic heterocycles. The SMILES string of the molecule is CC(C)CN1C[C@@H](COc2cccc(C(F)(F)F)c2)C[C@@H](C(=O)NCCOc2ccccc2)C1. The van der Waals surface area contributed by atoms with Crippen LogP contribution in [0.3, 0.4) is 0 Å². The van der Waals surface area contributed by atoms with Crippen LogP contribution in [0.4, 0.5) is 13.2 Å². The predicted octanol–water partition coefficient (Wildman–Crippen LogP) is 4.87. The van der Waals surface area contributed by atoms with Gasteiger partial charge in [-0.25, -0.2) is 0 Å². The summed E-state index contributed by atoms with van der Waals surface area (Å²) in [5.41, 5.74) is -0.731. The first-order valence-electron chi connectivity index (χ1n) is 11.7. The third kappa shape index (κ3) is 8.24. The van der Waals surface area contributed by atoms with Gasteiger partial charge < -0.3 is 19.7 Å². The minimum Gasteiger partial charge on any atom is -0.493 e. The summed E-state index contributed by atoms with van der Waals surface area (Å²) in [5.74, 6) is 1.18. The van der Waals surface area contributed by atoms with Crippen LogP contribution in [0.1, 0.15) is 25.8 Å². The number of ether oxygens (including phenoxy) is 2. The Kier molecular flexibility index (Phi) is 9.21. The van der Waals surface area contributed by atoms with Crippen LogP contribution in [0.25, 0.3) is 0 Å². The monoisotopic (exact) mass is 478 g/mol. The number of rotatable bonds is 10. The first-order chi connectivity index (χ1) is 16.2. The molecule has 0 aliphatic carbocycles. The number of carbonyl (C=O) groups is 1. The number of nitrogens with one attached hydrogen (secondary N) is 1. The number of amides is 1. The van der Waals surface area contributed by atoms with Gasteiger partial charge >= 0.3 is 6.18 Å². The van der Waals surface area contributed by atoms with E-state index in [1.54, 1.807) is 0 Å². The quantitative estimate of drug-likeness (QED) is 0.495. The summed E-state index contributed by atoms with van der Waals surface area (Å²) >= 11 is 0. The lowest BCUT2D eigenvalue weighted by atomic mass is 9.88. The van der Waals surface area contributed by atoms with Crippen molar-refractivity contribution in [2.75, 3.05) is 39.4 Å². The van der Waals surface area contributed by atoms with Crippen LogP contribution in [0.2, 0.25) is 0 Å². The maximum absolute atomic E-state index is 13.0. The molecule has 1 fully saturated rings. The first-order valence-corrected chi connectivity index (χ1v) is 11.7. The van der Waals surface area contributed by atoms with E-state index < -0.39 is 11.7 Å². The number of piperidine rings is 1. The minimum absolute atomic E-state index is 0.0332. The zero-order valence-corrected chi connectivity index (χ0v) is 19.7. The lowest BCUT2D eigenvalue weighted by Crippen LogP contribution is -2.49. The van der Waals surface area contributed by atoms with Crippen molar-refractivity contribution >= 4 is 5.91 Å². The van der Waals surface area contributed by atoms with Crippen LogP contribution < -0.4 is 14.8 Å². The van der Waals surface area contributed by atoms with Crippen molar-refractivity contribution < 1.29 is 27.4 Å². The van der Waals surface area contributed by atoms with Gasteiger partial charge in [0.1, 0.15) is 18.1 Å². The molecule has 1 aliphatic rings. The lowest BCUT2D eigenvalue weighted by Gasteiger charge is -2.38. The number of nitrogens with zero attached hydrogens (tertiary/aromatic N) is 1. The summed E-state index contributed by atoms with van der Waals surface area (Å²) in [7, 11) is 0. The van der Waals surface area contributed by atoms with Gasteiger partial charge in [0.15, 0.2) is 0 Å². The Bertz CT molecular complexity index is 906. The van der Waals surface area contributed by atoms with E-state index in [2.05, 4.69) is 24.1 Å². The van der Waals surface area contributed by atoms with Gasteiger partial charge in [0.25, 0.3) is 0 Å². The van der Waals surface area contributed by atoms with Crippen molar-refractivity contribution in [1.82, 2.24) is 10.2 Å². The van der Waals surface area contributed by atoms with Crippen LogP contribution in [-0.4, -0.2) is 50.2 Å². The molecule has 1 heterocycles. The largest absolute Gasteiger partial charge is 0.493 e. The molecule has 3 rings (SSSR count). The normalized spacial score (nSPS) is 19.1. The number of alkyl halides is 3. The molecule has 0 spiro atoms. The molecule has 186 valence electrons. The molecule has 2 aromatic carbocycles. The van der Waals surface area contributed by atoms with Gasteiger partial charge in [-0.2, -0.15) is 13.2 Å². The molecular formula is C26H33F3N2O3. The molecule has 8 heteroatoms. The molecule has 5 nitrogen and oxygen atoms in total. The van der Waals surface area contributed by atoms with Gasteiger partial charge in [-0.05, 0) is 42.7 Å². The Morgan fingerprint density at radius 2 is 1.79 bits per heavy atom. The Hall–Kier alpha value is -2.74. The number of benzene rings is 2. The van der Waals surface area contributed by atoms with Crippen molar-refractivity contribution in [1.29, 1.82) is 0 Å². The van der Waals surface area contributed by atoms with E-state index in [4.69, 9.17) is 9.47 Å². The topological polar surface area (TPSA) is 50.8 Å². The van der Waals surface area contributed by atoms with Crippen LogP contribution in [0.15, 0.2) is 54.6 Å². The van der Waals surface area contributed by atoms with E-state index in [0.717, 1.165) is 31.0 Å². The van der Waals surface area contributed by atoms with Crippen LogP contribution in [-0.2, 0) is 11.0 Å². The Morgan fingerprint density at radius 3 is 2.50 bits per heavy atom.